The van der Waals surface area contributed by atoms with Gasteiger partial charge in [-0.1, -0.05) is 12.1 Å². The van der Waals surface area contributed by atoms with E-state index >= 15 is 0 Å². The summed E-state index contributed by atoms with van der Waals surface area (Å²) in [5, 5.41) is 4.27. The van der Waals surface area contributed by atoms with Crippen molar-refractivity contribution < 1.29 is 0 Å². The Hall–Kier alpha value is -1.75. The molecule has 4 aromatic heterocycles. The zero-order chi connectivity index (χ0) is 14.1. The van der Waals surface area contributed by atoms with Crippen LogP contribution in [0.2, 0.25) is 0 Å². The first kappa shape index (κ1) is 13.0. The van der Waals surface area contributed by atoms with Crippen molar-refractivity contribution in [1.29, 1.82) is 0 Å². The molecule has 0 aliphatic rings. The number of nitrogens with zero attached hydrogens (tertiary/aromatic N) is 1. The zero-order valence-electron chi connectivity index (χ0n) is 11.0. The van der Waals surface area contributed by atoms with Crippen LogP contribution in [-0.4, -0.2) is 4.98 Å². The van der Waals surface area contributed by atoms with E-state index in [4.69, 9.17) is 0 Å². The quantitative estimate of drug-likeness (QED) is 0.433. The molecular formula is C17H11NS3. The van der Waals surface area contributed by atoms with Gasteiger partial charge in [-0.3, -0.25) is 4.98 Å². The van der Waals surface area contributed by atoms with Crippen LogP contribution in [0.25, 0.3) is 30.6 Å². The van der Waals surface area contributed by atoms with Crippen molar-refractivity contribution in [3.63, 3.8) is 0 Å². The molecule has 21 heavy (non-hydrogen) atoms. The third kappa shape index (κ3) is 2.46. The monoisotopic (exact) mass is 325 g/mol. The number of pyridine rings is 1. The Morgan fingerprint density at radius 3 is 2.14 bits per heavy atom. The van der Waals surface area contributed by atoms with Crippen molar-refractivity contribution in [1.82, 2.24) is 4.98 Å². The summed E-state index contributed by atoms with van der Waals surface area (Å²) < 4.78 is 0. The molecule has 0 fully saturated rings. The third-order valence-electron chi connectivity index (χ3n) is 3.23. The fourth-order valence-corrected chi connectivity index (χ4v) is 5.11. The van der Waals surface area contributed by atoms with Crippen LogP contribution in [0.15, 0.2) is 65.6 Å². The molecule has 102 valence electrons. The lowest BCUT2D eigenvalue weighted by Gasteiger charge is -1.97. The third-order valence-corrected chi connectivity index (χ3v) is 6.37. The molecule has 4 heteroatoms. The minimum Gasteiger partial charge on any atom is -0.265 e. The van der Waals surface area contributed by atoms with E-state index in [0.29, 0.717) is 0 Å². The summed E-state index contributed by atoms with van der Waals surface area (Å²) >= 11 is 5.45. The fraction of sp³-hybridized carbons (Fsp3) is 0. The first-order valence-electron chi connectivity index (χ1n) is 6.54. The van der Waals surface area contributed by atoms with E-state index in [1.165, 1.54) is 30.6 Å². The van der Waals surface area contributed by atoms with Crippen LogP contribution in [0, 0.1) is 0 Å². The minimum absolute atomic E-state index is 1.23. The molecule has 0 unspecified atom stereocenters. The van der Waals surface area contributed by atoms with Gasteiger partial charge in [-0.05, 0) is 46.7 Å². The molecule has 0 aromatic carbocycles. The van der Waals surface area contributed by atoms with Gasteiger partial charge in [0.2, 0.25) is 0 Å². The Balaban J connectivity index is 1.91. The van der Waals surface area contributed by atoms with Crippen molar-refractivity contribution in [2.75, 3.05) is 0 Å². The highest BCUT2D eigenvalue weighted by Gasteiger charge is 2.15. The predicted octanol–water partition coefficient (Wildman–Crippen LogP) is 6.27. The first-order chi connectivity index (χ1) is 10.4. The van der Waals surface area contributed by atoms with E-state index in [-0.39, 0.29) is 0 Å². The lowest BCUT2D eigenvalue weighted by atomic mass is 10.1. The summed E-state index contributed by atoms with van der Waals surface area (Å²) in [5.41, 5.74) is 2.57. The van der Waals surface area contributed by atoms with E-state index in [1.54, 1.807) is 22.7 Å². The van der Waals surface area contributed by atoms with Crippen LogP contribution in [0.4, 0.5) is 0 Å². The van der Waals surface area contributed by atoms with E-state index in [2.05, 4.69) is 58.2 Å². The van der Waals surface area contributed by atoms with Crippen LogP contribution in [-0.2, 0) is 0 Å². The lowest BCUT2D eigenvalue weighted by Crippen LogP contribution is -1.72. The van der Waals surface area contributed by atoms with Gasteiger partial charge in [0.15, 0.2) is 0 Å². The van der Waals surface area contributed by atoms with Gasteiger partial charge in [0.05, 0.1) is 4.88 Å². The van der Waals surface area contributed by atoms with Gasteiger partial charge in [0.25, 0.3) is 0 Å². The molecule has 1 nitrogen and oxygen atoms in total. The minimum atomic E-state index is 1.23. The SMILES string of the molecule is c1csc(-c2cc(-c3ccncc3)sc2-c2cccs2)c1. The molecular weight excluding hydrogens is 314 g/mol. The average Bonchev–Trinajstić information content (AvgIpc) is 3.27. The molecule has 0 saturated carbocycles. The Morgan fingerprint density at radius 2 is 1.48 bits per heavy atom. The second kappa shape index (κ2) is 5.56. The molecule has 0 atom stereocenters. The summed E-state index contributed by atoms with van der Waals surface area (Å²) in [4.78, 5) is 9.43. The second-order valence-corrected chi connectivity index (χ2v) is 7.49. The summed E-state index contributed by atoms with van der Waals surface area (Å²) in [6, 6.07) is 15.1. The maximum atomic E-state index is 4.11. The topological polar surface area (TPSA) is 12.9 Å². The zero-order valence-corrected chi connectivity index (χ0v) is 13.5. The molecule has 0 spiro atoms. The van der Waals surface area contributed by atoms with Gasteiger partial charge in [-0.2, -0.15) is 0 Å². The van der Waals surface area contributed by atoms with Crippen molar-refractivity contribution in [3.05, 3.63) is 65.6 Å². The van der Waals surface area contributed by atoms with Crippen molar-refractivity contribution in [2.45, 2.75) is 0 Å². The number of hydrogen-bond donors (Lipinski definition) is 0. The highest BCUT2D eigenvalue weighted by molar-refractivity contribution is 7.24. The lowest BCUT2D eigenvalue weighted by molar-refractivity contribution is 1.33. The summed E-state index contributed by atoms with van der Waals surface area (Å²) in [6.07, 6.45) is 3.70. The van der Waals surface area contributed by atoms with Crippen LogP contribution in [0.5, 0.6) is 0 Å². The fourth-order valence-electron chi connectivity index (χ4n) is 2.26. The Bertz CT molecular complexity index is 776. The largest absolute Gasteiger partial charge is 0.265 e. The van der Waals surface area contributed by atoms with Gasteiger partial charge in [0, 0.05) is 32.6 Å². The van der Waals surface area contributed by atoms with Crippen molar-refractivity contribution >= 4 is 34.0 Å². The van der Waals surface area contributed by atoms with Crippen LogP contribution < -0.4 is 0 Å². The molecule has 4 rings (SSSR count). The summed E-state index contributed by atoms with van der Waals surface area (Å²) in [6.45, 7) is 0. The number of rotatable bonds is 3. The van der Waals surface area contributed by atoms with Crippen LogP contribution >= 0.6 is 34.0 Å². The number of thiophene rings is 3. The van der Waals surface area contributed by atoms with Crippen LogP contribution in [0.1, 0.15) is 0 Å². The number of hydrogen-bond acceptors (Lipinski definition) is 4. The predicted molar refractivity (Wildman–Crippen MR) is 94.2 cm³/mol. The molecule has 0 aliphatic carbocycles. The molecule has 4 heterocycles. The van der Waals surface area contributed by atoms with Gasteiger partial charge < -0.3 is 0 Å². The van der Waals surface area contributed by atoms with Gasteiger partial charge in [-0.15, -0.1) is 34.0 Å². The van der Waals surface area contributed by atoms with E-state index < -0.39 is 0 Å². The smallest absolute Gasteiger partial charge is 0.0535 e. The standard InChI is InChI=1S/C17H11NS3/c1-3-14(19-9-1)13-11-16(12-5-7-18-8-6-12)21-17(13)15-4-2-10-20-15/h1-11H. The maximum Gasteiger partial charge on any atom is 0.0535 e. The van der Waals surface area contributed by atoms with Crippen molar-refractivity contribution in [3.8, 4) is 30.6 Å². The van der Waals surface area contributed by atoms with Gasteiger partial charge in [-0.25, -0.2) is 0 Å². The molecule has 0 N–H and O–H groups in total. The van der Waals surface area contributed by atoms with Crippen LogP contribution in [0.3, 0.4) is 0 Å². The molecule has 0 radical (unpaired) electrons. The summed E-state index contributed by atoms with van der Waals surface area (Å²) in [7, 11) is 0. The molecule has 0 bridgehead atoms. The first-order valence-corrected chi connectivity index (χ1v) is 9.11. The normalized spacial score (nSPS) is 10.9. The molecule has 0 aliphatic heterocycles. The van der Waals surface area contributed by atoms with Gasteiger partial charge in [0.1, 0.15) is 0 Å². The summed E-state index contributed by atoms with van der Waals surface area (Å²) in [5.74, 6) is 0. The molecule has 0 amide bonds. The van der Waals surface area contributed by atoms with E-state index in [0.717, 1.165) is 0 Å². The van der Waals surface area contributed by atoms with E-state index in [1.807, 2.05) is 23.7 Å². The van der Waals surface area contributed by atoms with E-state index in [9.17, 15) is 0 Å². The highest BCUT2D eigenvalue weighted by Crippen LogP contribution is 2.45. The molecule has 4 aromatic rings. The second-order valence-electron chi connectivity index (χ2n) is 4.54. The maximum absolute atomic E-state index is 4.11. The average molecular weight is 325 g/mol. The molecule has 0 saturated heterocycles. The Kier molecular flexibility index (Phi) is 3.43. The Labute approximate surface area is 135 Å². The number of aromatic nitrogens is 1. The van der Waals surface area contributed by atoms with Crippen molar-refractivity contribution in [2.24, 2.45) is 0 Å². The van der Waals surface area contributed by atoms with Gasteiger partial charge >= 0.3 is 0 Å². The Morgan fingerprint density at radius 1 is 0.762 bits per heavy atom. The highest BCUT2D eigenvalue weighted by atomic mass is 32.1.